The van der Waals surface area contributed by atoms with Crippen LogP contribution in [0.5, 0.6) is 5.75 Å². The molecule has 0 heterocycles. The Labute approximate surface area is 180 Å². The van der Waals surface area contributed by atoms with Crippen molar-refractivity contribution in [3.05, 3.63) is 77.9 Å². The van der Waals surface area contributed by atoms with Gasteiger partial charge in [-0.05, 0) is 46.7 Å². The molecule has 0 saturated carbocycles. The van der Waals surface area contributed by atoms with Crippen molar-refractivity contribution in [3.8, 4) is 5.75 Å². The fourth-order valence-electron chi connectivity index (χ4n) is 3.01. The smallest absolute Gasteiger partial charge is 0.325 e. The molecule has 0 aliphatic rings. The first-order chi connectivity index (χ1) is 15.0. The van der Waals surface area contributed by atoms with Gasteiger partial charge in [-0.25, -0.2) is 0 Å². The molecule has 0 atom stereocenters. The minimum absolute atomic E-state index is 0.307. The van der Waals surface area contributed by atoms with Gasteiger partial charge < -0.3 is 19.7 Å². The standard InChI is InChI=1S/C24H24N2O5/c1-26(15-17-8-9-20-13-21(30-2)11-10-19(20)12-17)22(27)16-31-23(28)14-25-24(29)18-6-4-3-5-7-18/h3-13H,14-16H2,1-2H3,(H,25,29). The zero-order valence-electron chi connectivity index (χ0n) is 17.5. The lowest BCUT2D eigenvalue weighted by Crippen LogP contribution is -2.34. The van der Waals surface area contributed by atoms with E-state index in [-0.39, 0.29) is 25.0 Å². The van der Waals surface area contributed by atoms with Gasteiger partial charge in [0.15, 0.2) is 6.61 Å². The van der Waals surface area contributed by atoms with Crippen LogP contribution in [0.25, 0.3) is 10.8 Å². The number of methoxy groups -OCH3 is 1. The lowest BCUT2D eigenvalue weighted by molar-refractivity contribution is -0.150. The highest BCUT2D eigenvalue weighted by Gasteiger charge is 2.14. The molecule has 2 amide bonds. The molecule has 0 unspecified atom stereocenters. The number of hydrogen-bond acceptors (Lipinski definition) is 5. The first-order valence-electron chi connectivity index (χ1n) is 9.76. The number of fused-ring (bicyclic) bond motifs is 1. The number of benzene rings is 3. The van der Waals surface area contributed by atoms with Gasteiger partial charge in [0.2, 0.25) is 0 Å². The molecular formula is C24H24N2O5. The van der Waals surface area contributed by atoms with E-state index in [0.717, 1.165) is 22.1 Å². The number of carbonyl (C=O) groups is 3. The molecule has 1 N–H and O–H groups in total. The van der Waals surface area contributed by atoms with Gasteiger partial charge in [-0.15, -0.1) is 0 Å². The van der Waals surface area contributed by atoms with Crippen molar-refractivity contribution in [2.75, 3.05) is 27.3 Å². The van der Waals surface area contributed by atoms with Gasteiger partial charge in [0.1, 0.15) is 12.3 Å². The lowest BCUT2D eigenvalue weighted by Gasteiger charge is -2.17. The number of amides is 2. The Morgan fingerprint density at radius 2 is 1.65 bits per heavy atom. The summed E-state index contributed by atoms with van der Waals surface area (Å²) in [4.78, 5) is 37.6. The number of rotatable bonds is 8. The van der Waals surface area contributed by atoms with Crippen LogP contribution in [0.3, 0.4) is 0 Å². The highest BCUT2D eigenvalue weighted by molar-refractivity contribution is 5.96. The van der Waals surface area contributed by atoms with Crippen LogP contribution in [0.1, 0.15) is 15.9 Å². The predicted octanol–water partition coefficient (Wildman–Crippen LogP) is 2.78. The summed E-state index contributed by atoms with van der Waals surface area (Å²) in [5.74, 6) is -0.604. The van der Waals surface area contributed by atoms with Gasteiger partial charge in [-0.3, -0.25) is 14.4 Å². The third kappa shape index (κ3) is 6.05. The molecule has 0 aliphatic carbocycles. The second-order valence-electron chi connectivity index (χ2n) is 7.01. The number of nitrogens with zero attached hydrogens (tertiary/aromatic N) is 1. The Morgan fingerprint density at radius 1 is 0.935 bits per heavy atom. The van der Waals surface area contributed by atoms with Crippen molar-refractivity contribution in [1.82, 2.24) is 10.2 Å². The van der Waals surface area contributed by atoms with Crippen molar-refractivity contribution < 1.29 is 23.9 Å². The molecule has 3 aromatic rings. The number of esters is 1. The van der Waals surface area contributed by atoms with E-state index in [1.807, 2.05) is 36.4 Å². The molecule has 7 heteroatoms. The minimum Gasteiger partial charge on any atom is -0.497 e. The Hall–Kier alpha value is -3.87. The third-order valence-corrected chi connectivity index (χ3v) is 4.74. The minimum atomic E-state index is -0.675. The van der Waals surface area contributed by atoms with E-state index >= 15 is 0 Å². The summed E-state index contributed by atoms with van der Waals surface area (Å²) < 4.78 is 10.2. The highest BCUT2D eigenvalue weighted by atomic mass is 16.5. The number of ether oxygens (including phenoxy) is 2. The Bertz CT molecular complexity index is 1080. The predicted molar refractivity (Wildman–Crippen MR) is 117 cm³/mol. The van der Waals surface area contributed by atoms with E-state index in [1.165, 1.54) is 4.90 Å². The van der Waals surface area contributed by atoms with Crippen LogP contribution in [0.15, 0.2) is 66.7 Å². The Morgan fingerprint density at radius 3 is 2.39 bits per heavy atom. The van der Waals surface area contributed by atoms with Crippen molar-refractivity contribution in [1.29, 1.82) is 0 Å². The average Bonchev–Trinajstić information content (AvgIpc) is 2.81. The second kappa shape index (κ2) is 10.2. The maximum absolute atomic E-state index is 12.3. The van der Waals surface area contributed by atoms with Crippen molar-refractivity contribution in [3.63, 3.8) is 0 Å². The van der Waals surface area contributed by atoms with E-state index in [0.29, 0.717) is 12.1 Å². The summed E-state index contributed by atoms with van der Waals surface area (Å²) in [6.07, 6.45) is 0. The first-order valence-corrected chi connectivity index (χ1v) is 9.76. The molecular weight excluding hydrogens is 396 g/mol. The van der Waals surface area contributed by atoms with Gasteiger partial charge >= 0.3 is 5.97 Å². The van der Waals surface area contributed by atoms with Gasteiger partial charge in [0, 0.05) is 19.2 Å². The van der Waals surface area contributed by atoms with Gasteiger partial charge in [-0.2, -0.15) is 0 Å². The monoisotopic (exact) mass is 420 g/mol. The third-order valence-electron chi connectivity index (χ3n) is 4.74. The molecule has 0 radical (unpaired) electrons. The second-order valence-corrected chi connectivity index (χ2v) is 7.01. The largest absolute Gasteiger partial charge is 0.497 e. The number of carbonyl (C=O) groups excluding carboxylic acids is 3. The van der Waals surface area contributed by atoms with Crippen molar-refractivity contribution in [2.24, 2.45) is 0 Å². The molecule has 0 spiro atoms. The van der Waals surface area contributed by atoms with Crippen LogP contribution in [0, 0.1) is 0 Å². The fourth-order valence-corrected chi connectivity index (χ4v) is 3.01. The summed E-state index contributed by atoms with van der Waals surface area (Å²) in [5.41, 5.74) is 1.40. The van der Waals surface area contributed by atoms with Gasteiger partial charge in [0.25, 0.3) is 11.8 Å². The number of likely N-dealkylation sites (N-methyl/N-ethyl adjacent to an activating group) is 1. The zero-order valence-corrected chi connectivity index (χ0v) is 17.5. The lowest BCUT2D eigenvalue weighted by atomic mass is 10.1. The van der Waals surface area contributed by atoms with E-state index in [1.54, 1.807) is 44.5 Å². The summed E-state index contributed by atoms with van der Waals surface area (Å²) in [6, 6.07) is 20.3. The summed E-state index contributed by atoms with van der Waals surface area (Å²) >= 11 is 0. The summed E-state index contributed by atoms with van der Waals surface area (Å²) in [7, 11) is 3.27. The molecule has 0 fully saturated rings. The van der Waals surface area contributed by atoms with E-state index in [4.69, 9.17) is 9.47 Å². The zero-order chi connectivity index (χ0) is 22.2. The quantitative estimate of drug-likeness (QED) is 0.567. The average molecular weight is 420 g/mol. The SMILES string of the molecule is COc1ccc2cc(CN(C)C(=O)COC(=O)CNC(=O)c3ccccc3)ccc2c1. The summed E-state index contributed by atoms with van der Waals surface area (Å²) in [6.45, 7) is -0.316. The molecule has 7 nitrogen and oxygen atoms in total. The van der Waals surface area contributed by atoms with Gasteiger partial charge in [-0.1, -0.05) is 36.4 Å². The first kappa shape index (κ1) is 21.8. The molecule has 0 aliphatic heterocycles. The van der Waals surface area contributed by atoms with Crippen LogP contribution in [-0.4, -0.2) is 50.0 Å². The number of hydrogen-bond donors (Lipinski definition) is 1. The molecule has 160 valence electrons. The molecule has 0 aromatic heterocycles. The summed E-state index contributed by atoms with van der Waals surface area (Å²) in [5, 5.41) is 4.56. The van der Waals surface area contributed by atoms with E-state index < -0.39 is 5.97 Å². The van der Waals surface area contributed by atoms with Crippen LogP contribution >= 0.6 is 0 Å². The fraction of sp³-hybridized carbons (Fsp3) is 0.208. The topological polar surface area (TPSA) is 84.9 Å². The van der Waals surface area contributed by atoms with E-state index in [9.17, 15) is 14.4 Å². The highest BCUT2D eigenvalue weighted by Crippen LogP contribution is 2.22. The van der Waals surface area contributed by atoms with Crippen LogP contribution < -0.4 is 10.1 Å². The van der Waals surface area contributed by atoms with Crippen molar-refractivity contribution >= 4 is 28.6 Å². The normalized spacial score (nSPS) is 10.4. The van der Waals surface area contributed by atoms with Gasteiger partial charge in [0.05, 0.1) is 7.11 Å². The molecule has 3 aromatic carbocycles. The molecule has 0 saturated heterocycles. The molecule has 3 rings (SSSR count). The van der Waals surface area contributed by atoms with Crippen LogP contribution in [0.4, 0.5) is 0 Å². The molecule has 31 heavy (non-hydrogen) atoms. The van der Waals surface area contributed by atoms with E-state index in [2.05, 4.69) is 5.32 Å². The molecule has 0 bridgehead atoms. The maximum Gasteiger partial charge on any atom is 0.325 e. The van der Waals surface area contributed by atoms with Crippen LogP contribution in [-0.2, 0) is 20.9 Å². The maximum atomic E-state index is 12.3. The van der Waals surface area contributed by atoms with Crippen LogP contribution in [0.2, 0.25) is 0 Å². The van der Waals surface area contributed by atoms with Crippen molar-refractivity contribution in [2.45, 2.75) is 6.54 Å². The number of nitrogens with one attached hydrogen (secondary N) is 1. The Kier molecular flexibility index (Phi) is 7.22. The Balaban J connectivity index is 1.46.